The van der Waals surface area contributed by atoms with Crippen LogP contribution in [0.25, 0.3) is 0 Å². The van der Waals surface area contributed by atoms with Crippen LogP contribution in [0, 0.1) is 0 Å². The number of ether oxygens (including phenoxy) is 3. The Bertz CT molecular complexity index is 1060. The molecule has 0 fully saturated rings. The molecule has 0 atom stereocenters. The molecule has 35 heavy (non-hydrogen) atoms. The van der Waals surface area contributed by atoms with Crippen molar-refractivity contribution in [3.05, 3.63) is 47.9 Å². The van der Waals surface area contributed by atoms with E-state index in [4.69, 9.17) is 14.2 Å². The van der Waals surface area contributed by atoms with Crippen LogP contribution in [0.5, 0.6) is 0 Å². The number of carbonyl (C=O) groups is 2. The van der Waals surface area contributed by atoms with E-state index >= 15 is 0 Å². The topological polar surface area (TPSA) is 198 Å². The summed E-state index contributed by atoms with van der Waals surface area (Å²) in [6.45, 7) is 10.4. The van der Waals surface area contributed by atoms with Crippen LogP contribution < -0.4 is 0 Å². The quantitative estimate of drug-likeness (QED) is 0.181. The fourth-order valence-electron chi connectivity index (χ4n) is 2.20. The Morgan fingerprint density at radius 3 is 0.971 bits per heavy atom. The van der Waals surface area contributed by atoms with Gasteiger partial charge in [0.25, 0.3) is 0 Å². The van der Waals surface area contributed by atoms with Gasteiger partial charge in [0.15, 0.2) is 39.3 Å². The van der Waals surface area contributed by atoms with Gasteiger partial charge in [-0.2, -0.15) is 0 Å². The highest BCUT2D eigenvalue weighted by atomic mass is 32.2. The van der Waals surface area contributed by atoms with Crippen molar-refractivity contribution in [2.45, 2.75) is 12.2 Å². The third kappa shape index (κ3) is 14.6. The van der Waals surface area contributed by atoms with Crippen LogP contribution in [0.4, 0.5) is 0 Å². The molecule has 0 spiro atoms. The van der Waals surface area contributed by atoms with Crippen molar-refractivity contribution in [2.75, 3.05) is 36.2 Å². The Kier molecular flexibility index (Phi) is 12.8. The molecule has 0 aromatic carbocycles. The van der Waals surface area contributed by atoms with Crippen molar-refractivity contribution in [1.29, 1.82) is 0 Å². The van der Waals surface area contributed by atoms with Crippen LogP contribution in [-0.4, -0.2) is 94.0 Å². The van der Waals surface area contributed by atoms with Gasteiger partial charge < -0.3 is 14.2 Å². The molecule has 0 heterocycles. The molecule has 0 aliphatic carbocycles. The highest BCUT2D eigenvalue weighted by Gasteiger charge is 2.27. The van der Waals surface area contributed by atoms with Crippen molar-refractivity contribution in [3.63, 3.8) is 0 Å². The molecule has 0 aromatic rings. The van der Waals surface area contributed by atoms with Gasteiger partial charge in [-0.1, -0.05) is 26.3 Å². The Labute approximate surface area is 204 Å². The second kappa shape index (κ2) is 13.7. The second-order valence-corrected chi connectivity index (χ2v) is 14.7. The highest BCUT2D eigenvalue weighted by molar-refractivity contribution is 7.95. The molecule has 13 nitrogen and oxygen atoms in total. The lowest BCUT2D eigenvalue weighted by molar-refractivity contribution is -0.158. The molecule has 0 aliphatic heterocycles. The molecule has 0 bridgehead atoms. The molecule has 200 valence electrons. The van der Waals surface area contributed by atoms with Crippen LogP contribution in [-0.2, 0) is 63.1 Å². The number of carbonyl (C=O) groups excluding carboxylic acids is 2. The van der Waals surface area contributed by atoms with E-state index in [1.165, 1.54) is 0 Å². The van der Waals surface area contributed by atoms with Gasteiger partial charge in [-0.05, 0) is 0 Å². The zero-order chi connectivity index (χ0) is 27.5. The van der Waals surface area contributed by atoms with Crippen LogP contribution in [0.15, 0.2) is 47.9 Å². The van der Waals surface area contributed by atoms with Crippen LogP contribution in [0.3, 0.4) is 0 Å². The van der Waals surface area contributed by atoms with Crippen molar-refractivity contribution in [1.82, 2.24) is 0 Å². The van der Waals surface area contributed by atoms with Crippen molar-refractivity contribution >= 4 is 51.3 Å². The van der Waals surface area contributed by atoms with Crippen LogP contribution in [0.2, 0.25) is 0 Å². The van der Waals surface area contributed by atoms with E-state index in [0.717, 1.165) is 0 Å². The largest absolute Gasteiger partial charge is 0.458 e. The predicted molar refractivity (Wildman–Crippen MR) is 127 cm³/mol. The van der Waals surface area contributed by atoms with Gasteiger partial charge in [0.2, 0.25) is 0 Å². The fourth-order valence-corrected chi connectivity index (χ4v) is 5.86. The molecule has 0 aromatic heterocycles. The third-order valence-electron chi connectivity index (χ3n) is 3.72. The third-order valence-corrected chi connectivity index (χ3v) is 9.10. The molecule has 17 heteroatoms. The van der Waals surface area contributed by atoms with E-state index in [0.29, 0.717) is 21.6 Å². The van der Waals surface area contributed by atoms with Crippen molar-refractivity contribution in [2.24, 2.45) is 0 Å². The lowest BCUT2D eigenvalue weighted by atomic mass is 10.4. The second-order valence-electron chi connectivity index (χ2n) is 6.70. The first-order chi connectivity index (χ1) is 15.9. The minimum Gasteiger partial charge on any atom is -0.458 e. The first kappa shape index (κ1) is 32.7. The van der Waals surface area contributed by atoms with Gasteiger partial charge in [-0.25, -0.2) is 43.3 Å². The summed E-state index contributed by atoms with van der Waals surface area (Å²) < 4.78 is 108. The molecule has 0 saturated heterocycles. The Balaban J connectivity index is 5.11. The van der Waals surface area contributed by atoms with Gasteiger partial charge in [0, 0.05) is 21.6 Å². The lowest BCUT2D eigenvalue weighted by Gasteiger charge is -2.17. The Hall–Kier alpha value is -2.34. The van der Waals surface area contributed by atoms with Crippen molar-refractivity contribution < 1.29 is 57.5 Å². The SMILES string of the molecule is C=CS(=O)(=O)CC(CS(=O)(=O)C=C)OC(=O)COCC(=O)OC(CS(=O)(=O)C=C)CS(=O)(=O)C=C. The summed E-state index contributed by atoms with van der Waals surface area (Å²) >= 11 is 0. The zero-order valence-corrected chi connectivity index (χ0v) is 21.7. The molecule has 0 unspecified atom stereocenters. The van der Waals surface area contributed by atoms with E-state index in [1.807, 2.05) is 0 Å². The zero-order valence-electron chi connectivity index (χ0n) is 18.5. The van der Waals surface area contributed by atoms with E-state index in [-0.39, 0.29) is 0 Å². The minimum absolute atomic E-state index is 0.552. The number of hydrogen-bond donors (Lipinski definition) is 0. The summed E-state index contributed by atoms with van der Waals surface area (Å²) in [4.78, 5) is 23.9. The van der Waals surface area contributed by atoms with Crippen LogP contribution in [0.1, 0.15) is 0 Å². The average molecular weight is 579 g/mol. The molecular formula is C18H26O13S4. The number of hydrogen-bond acceptors (Lipinski definition) is 13. The maximum absolute atomic E-state index is 11.9. The smallest absolute Gasteiger partial charge is 0.332 e. The summed E-state index contributed by atoms with van der Waals surface area (Å²) in [6, 6.07) is 0. The normalized spacial score (nSPS) is 12.6. The van der Waals surface area contributed by atoms with Gasteiger partial charge >= 0.3 is 11.9 Å². The maximum Gasteiger partial charge on any atom is 0.332 e. The lowest BCUT2D eigenvalue weighted by Crippen LogP contribution is -2.35. The number of sulfone groups is 4. The summed E-state index contributed by atoms with van der Waals surface area (Å²) in [7, 11) is -15.9. The van der Waals surface area contributed by atoms with E-state index in [2.05, 4.69) is 26.3 Å². The predicted octanol–water partition coefficient (Wildman–Crippen LogP) is -0.940. The highest BCUT2D eigenvalue weighted by Crippen LogP contribution is 2.08. The van der Waals surface area contributed by atoms with Gasteiger partial charge in [0.1, 0.15) is 25.4 Å². The standard InChI is InChI=1S/C18H26O13S4/c1-5-32(21,22)11-15(12-33(23,24)6-2)30-17(19)9-29-10-18(20)31-16(13-34(25,26)7-3)14-35(27,28)8-4/h5-8,15-16H,1-4,9-14H2. The first-order valence-corrected chi connectivity index (χ1v) is 16.1. The summed E-state index contributed by atoms with van der Waals surface area (Å²) in [5.74, 6) is -6.05. The molecule has 0 amide bonds. The molecule has 0 saturated carbocycles. The van der Waals surface area contributed by atoms with Gasteiger partial charge in [-0.3, -0.25) is 0 Å². The van der Waals surface area contributed by atoms with Crippen LogP contribution >= 0.6 is 0 Å². The van der Waals surface area contributed by atoms with Crippen molar-refractivity contribution in [3.8, 4) is 0 Å². The van der Waals surface area contributed by atoms with E-state index in [1.54, 1.807) is 0 Å². The molecular weight excluding hydrogens is 552 g/mol. The number of rotatable bonds is 18. The average Bonchev–Trinajstić information content (AvgIpc) is 2.72. The molecule has 0 aliphatic rings. The fraction of sp³-hybridized carbons (Fsp3) is 0.444. The Morgan fingerprint density at radius 2 is 0.771 bits per heavy atom. The van der Waals surface area contributed by atoms with Gasteiger partial charge in [-0.15, -0.1) is 0 Å². The van der Waals surface area contributed by atoms with E-state index in [9.17, 15) is 43.3 Å². The molecule has 0 rings (SSSR count). The molecule has 0 N–H and O–H groups in total. The monoisotopic (exact) mass is 578 g/mol. The summed E-state index contributed by atoms with van der Waals surface area (Å²) in [5.41, 5.74) is 0. The molecule has 0 radical (unpaired) electrons. The maximum atomic E-state index is 11.9. The minimum atomic E-state index is -3.97. The number of esters is 2. The summed E-state index contributed by atoms with van der Waals surface area (Å²) in [5, 5.41) is 2.21. The first-order valence-electron chi connectivity index (χ1n) is 9.27. The summed E-state index contributed by atoms with van der Waals surface area (Å²) in [6.07, 6.45) is -3.27. The van der Waals surface area contributed by atoms with E-state index < -0.39 is 99.7 Å². The Morgan fingerprint density at radius 1 is 0.543 bits per heavy atom. The van der Waals surface area contributed by atoms with Gasteiger partial charge in [0.05, 0.1) is 23.0 Å².